The van der Waals surface area contributed by atoms with Crippen molar-refractivity contribution in [1.82, 2.24) is 14.1 Å². The van der Waals surface area contributed by atoms with Crippen LogP contribution in [-0.2, 0) is 0 Å². The van der Waals surface area contributed by atoms with Crippen molar-refractivity contribution in [2.45, 2.75) is 0 Å². The number of para-hydroxylation sites is 4. The largest absolute Gasteiger partial charge is 0.309 e. The minimum Gasteiger partial charge on any atom is -0.309 e. The number of benzene rings is 5. The van der Waals surface area contributed by atoms with Crippen LogP contribution in [-0.4, -0.2) is 14.1 Å². The lowest BCUT2D eigenvalue weighted by atomic mass is 10.0. The van der Waals surface area contributed by atoms with Crippen molar-refractivity contribution < 1.29 is 0 Å². The molecule has 8 rings (SSSR count). The first kappa shape index (κ1) is 21.0. The molecule has 38 heavy (non-hydrogen) atoms. The van der Waals surface area contributed by atoms with E-state index in [0.717, 1.165) is 44.4 Å². The third-order valence-electron chi connectivity index (χ3n) is 7.54. The molecule has 0 radical (unpaired) electrons. The maximum Gasteiger partial charge on any atom is 0.0963 e. The molecule has 3 aromatic heterocycles. The minimum absolute atomic E-state index is 1.02. The molecule has 0 aliphatic heterocycles. The number of aromatic nitrogens is 3. The van der Waals surface area contributed by atoms with E-state index in [1.165, 1.54) is 21.8 Å². The van der Waals surface area contributed by atoms with Crippen molar-refractivity contribution in [3.63, 3.8) is 0 Å². The van der Waals surface area contributed by atoms with E-state index in [0.29, 0.717) is 0 Å². The van der Waals surface area contributed by atoms with Gasteiger partial charge in [-0.2, -0.15) is 0 Å². The van der Waals surface area contributed by atoms with Gasteiger partial charge in [0.1, 0.15) is 0 Å². The van der Waals surface area contributed by atoms with Crippen LogP contribution in [0.3, 0.4) is 0 Å². The van der Waals surface area contributed by atoms with Crippen LogP contribution < -0.4 is 0 Å². The minimum atomic E-state index is 1.02. The number of fused-ring (bicyclic) bond motifs is 6. The van der Waals surface area contributed by atoms with Gasteiger partial charge in [-0.25, -0.2) is 0 Å². The summed E-state index contributed by atoms with van der Waals surface area (Å²) in [7, 11) is 0. The smallest absolute Gasteiger partial charge is 0.0963 e. The molecule has 0 N–H and O–H groups in total. The summed E-state index contributed by atoms with van der Waals surface area (Å²) in [5.74, 6) is 0. The van der Waals surface area contributed by atoms with Gasteiger partial charge in [-0.3, -0.25) is 4.98 Å². The highest BCUT2D eigenvalue weighted by molar-refractivity contribution is 6.11. The molecular formula is C35H23N3. The zero-order valence-corrected chi connectivity index (χ0v) is 20.6. The molecule has 0 aliphatic carbocycles. The Morgan fingerprint density at radius 2 is 0.921 bits per heavy atom. The normalized spacial score (nSPS) is 11.7. The summed E-state index contributed by atoms with van der Waals surface area (Å²) in [6.45, 7) is 0. The Morgan fingerprint density at radius 1 is 0.395 bits per heavy atom. The molecule has 5 aromatic carbocycles. The molecule has 0 aliphatic rings. The average Bonchev–Trinajstić information content (AvgIpc) is 3.50. The van der Waals surface area contributed by atoms with E-state index in [1.54, 1.807) is 0 Å². The predicted molar refractivity (Wildman–Crippen MR) is 158 cm³/mol. The molecule has 0 atom stereocenters. The van der Waals surface area contributed by atoms with E-state index < -0.39 is 0 Å². The Balaban J connectivity index is 1.40. The van der Waals surface area contributed by atoms with Gasteiger partial charge in [0.2, 0.25) is 0 Å². The molecule has 0 spiro atoms. The molecule has 0 amide bonds. The van der Waals surface area contributed by atoms with Gasteiger partial charge in [-0.1, -0.05) is 84.9 Å². The number of pyridine rings is 1. The molecule has 178 valence electrons. The van der Waals surface area contributed by atoms with E-state index in [9.17, 15) is 0 Å². The van der Waals surface area contributed by atoms with Crippen molar-refractivity contribution >= 4 is 43.7 Å². The Hall–Kier alpha value is -5.15. The third-order valence-corrected chi connectivity index (χ3v) is 7.54. The van der Waals surface area contributed by atoms with Crippen LogP contribution in [0.4, 0.5) is 0 Å². The lowest BCUT2D eigenvalue weighted by Gasteiger charge is -2.10. The van der Waals surface area contributed by atoms with Crippen molar-refractivity contribution in [2.75, 3.05) is 0 Å². The fourth-order valence-electron chi connectivity index (χ4n) is 5.85. The van der Waals surface area contributed by atoms with E-state index in [1.807, 2.05) is 6.20 Å². The first-order valence-electron chi connectivity index (χ1n) is 12.9. The fraction of sp³-hybridized carbons (Fsp3) is 0. The van der Waals surface area contributed by atoms with Crippen LogP contribution in [0.1, 0.15) is 0 Å². The topological polar surface area (TPSA) is 22.8 Å². The summed E-state index contributed by atoms with van der Waals surface area (Å²) < 4.78 is 4.68. The van der Waals surface area contributed by atoms with Crippen LogP contribution in [0.5, 0.6) is 0 Å². The number of nitrogens with zero attached hydrogens (tertiary/aromatic N) is 3. The maximum absolute atomic E-state index is 5.01. The SMILES string of the molecule is c1ccc(-n2c3ccccc3c3ccc(-c4cnc5c6ccccc6n(-c6ccccc6)c5c4)cc32)cc1. The monoisotopic (exact) mass is 485 g/mol. The maximum atomic E-state index is 5.01. The Morgan fingerprint density at radius 3 is 1.63 bits per heavy atom. The molecule has 0 saturated heterocycles. The van der Waals surface area contributed by atoms with Crippen molar-refractivity contribution in [1.29, 1.82) is 0 Å². The van der Waals surface area contributed by atoms with Crippen LogP contribution in [0.15, 0.2) is 140 Å². The molecule has 0 saturated carbocycles. The van der Waals surface area contributed by atoms with Gasteiger partial charge in [-0.05, 0) is 54.1 Å². The Kier molecular flexibility index (Phi) is 4.52. The van der Waals surface area contributed by atoms with Crippen LogP contribution in [0.2, 0.25) is 0 Å². The summed E-state index contributed by atoms with van der Waals surface area (Å²) in [6, 6.07) is 47.4. The number of rotatable bonds is 3. The zero-order chi connectivity index (χ0) is 25.1. The predicted octanol–water partition coefficient (Wildman–Crippen LogP) is 8.94. The molecule has 0 bridgehead atoms. The zero-order valence-electron chi connectivity index (χ0n) is 20.6. The first-order valence-corrected chi connectivity index (χ1v) is 12.9. The van der Waals surface area contributed by atoms with E-state index in [-0.39, 0.29) is 0 Å². The summed E-state index contributed by atoms with van der Waals surface area (Å²) in [5.41, 5.74) is 10.2. The third kappa shape index (κ3) is 3.06. The van der Waals surface area contributed by atoms with Crippen LogP contribution >= 0.6 is 0 Å². The van der Waals surface area contributed by atoms with Crippen molar-refractivity contribution in [3.8, 4) is 22.5 Å². The standard InChI is InChI=1S/C35H23N3/c1-3-11-26(12-4-1)37-31-17-9-7-15-28(31)29-20-19-24(21-33(29)37)25-22-34-35(36-23-25)30-16-8-10-18-32(30)38(34)27-13-5-2-6-14-27/h1-23H. The summed E-state index contributed by atoms with van der Waals surface area (Å²) in [6.07, 6.45) is 2.01. The summed E-state index contributed by atoms with van der Waals surface area (Å²) >= 11 is 0. The molecule has 3 heterocycles. The highest BCUT2D eigenvalue weighted by atomic mass is 15.0. The van der Waals surface area contributed by atoms with E-state index >= 15 is 0 Å². The summed E-state index contributed by atoms with van der Waals surface area (Å²) in [4.78, 5) is 5.01. The second-order valence-electron chi connectivity index (χ2n) is 9.70. The molecule has 0 unspecified atom stereocenters. The summed E-state index contributed by atoms with van der Waals surface area (Å²) in [5, 5.41) is 3.67. The molecule has 3 nitrogen and oxygen atoms in total. The van der Waals surface area contributed by atoms with Gasteiger partial charge >= 0.3 is 0 Å². The van der Waals surface area contributed by atoms with Gasteiger partial charge in [0.15, 0.2) is 0 Å². The van der Waals surface area contributed by atoms with Gasteiger partial charge in [0, 0.05) is 39.3 Å². The van der Waals surface area contributed by atoms with Crippen molar-refractivity contribution in [2.24, 2.45) is 0 Å². The second-order valence-corrected chi connectivity index (χ2v) is 9.70. The quantitative estimate of drug-likeness (QED) is 0.245. The van der Waals surface area contributed by atoms with Gasteiger partial charge in [0.25, 0.3) is 0 Å². The van der Waals surface area contributed by atoms with Gasteiger partial charge < -0.3 is 9.13 Å². The Bertz CT molecular complexity index is 1960. The molecule has 3 heteroatoms. The second kappa shape index (κ2) is 8.19. The highest BCUT2D eigenvalue weighted by Gasteiger charge is 2.16. The molecule has 0 fully saturated rings. The van der Waals surface area contributed by atoms with E-state index in [2.05, 4.69) is 143 Å². The Labute approximate surface area is 219 Å². The first-order chi connectivity index (χ1) is 18.9. The van der Waals surface area contributed by atoms with Crippen LogP contribution in [0.25, 0.3) is 66.2 Å². The van der Waals surface area contributed by atoms with Gasteiger partial charge in [0.05, 0.1) is 27.6 Å². The number of hydrogen-bond acceptors (Lipinski definition) is 1. The van der Waals surface area contributed by atoms with E-state index in [4.69, 9.17) is 4.98 Å². The molecular weight excluding hydrogens is 462 g/mol. The van der Waals surface area contributed by atoms with Crippen molar-refractivity contribution in [3.05, 3.63) is 140 Å². The highest BCUT2D eigenvalue weighted by Crippen LogP contribution is 2.37. The number of hydrogen-bond donors (Lipinski definition) is 0. The lowest BCUT2D eigenvalue weighted by Crippen LogP contribution is -1.94. The lowest BCUT2D eigenvalue weighted by molar-refractivity contribution is 1.17. The molecule has 8 aromatic rings. The average molecular weight is 486 g/mol. The fourth-order valence-corrected chi connectivity index (χ4v) is 5.85. The van der Waals surface area contributed by atoms with Gasteiger partial charge in [-0.15, -0.1) is 0 Å². The van der Waals surface area contributed by atoms with Crippen LogP contribution in [0, 0.1) is 0 Å².